The van der Waals surface area contributed by atoms with Gasteiger partial charge in [0.1, 0.15) is 0 Å². The summed E-state index contributed by atoms with van der Waals surface area (Å²) in [6.07, 6.45) is 0. The Morgan fingerprint density at radius 2 is 1.07 bits per heavy atom. The number of hydrogen-bond donors (Lipinski definition) is 2. The summed E-state index contributed by atoms with van der Waals surface area (Å²) in [6.45, 7) is 0. The highest BCUT2D eigenvalue weighted by Gasteiger charge is 2.29. The molecule has 2 N–H and O–H groups in total. The lowest BCUT2D eigenvalue weighted by Crippen LogP contribution is -2.12. The molecule has 4 nitrogen and oxygen atoms in total. The molecule has 0 saturated heterocycles. The molecule has 5 aromatic rings. The lowest BCUT2D eigenvalue weighted by molar-refractivity contribution is -0.111. The fourth-order valence-electron chi connectivity index (χ4n) is 4.10. The van der Waals surface area contributed by atoms with Crippen molar-refractivity contribution in [3.63, 3.8) is 0 Å². The molecule has 2 amide bonds. The molecule has 0 spiro atoms. The summed E-state index contributed by atoms with van der Waals surface area (Å²) in [4.78, 5) is 27.6. The number of anilines is 2. The number of nitrogens with one attached hydrogen (secondary N) is 2. The van der Waals surface area contributed by atoms with Crippen LogP contribution in [0.2, 0.25) is 0 Å². The topological polar surface area (TPSA) is 58.2 Å². The van der Waals surface area contributed by atoms with E-state index in [2.05, 4.69) is 45.7 Å². The number of carbonyl (C=O) groups is 2. The van der Waals surface area contributed by atoms with E-state index in [-0.39, 0.29) is 11.8 Å². The Morgan fingerprint density at radius 3 is 1.50 bits per heavy atom. The average Bonchev–Trinajstić information content (AvgIpc) is 3.47. The molecule has 0 aliphatic carbocycles. The third-order valence-electron chi connectivity index (χ3n) is 5.42. The maximum absolute atomic E-state index is 12.8. The van der Waals surface area contributed by atoms with Crippen molar-refractivity contribution in [1.29, 1.82) is 0 Å². The van der Waals surface area contributed by atoms with Crippen molar-refractivity contribution in [2.75, 3.05) is 10.6 Å². The van der Waals surface area contributed by atoms with E-state index in [4.69, 9.17) is 0 Å². The van der Waals surface area contributed by atoms with Gasteiger partial charge in [-0.2, -0.15) is 0 Å². The molecule has 0 fully saturated rings. The molecule has 6 heterocycles. The van der Waals surface area contributed by atoms with Gasteiger partial charge in [-0.25, -0.2) is 0 Å². The van der Waals surface area contributed by atoms with Gasteiger partial charge in [0.2, 0.25) is 0 Å². The van der Waals surface area contributed by atoms with Gasteiger partial charge >= 0.3 is 0 Å². The van der Waals surface area contributed by atoms with Gasteiger partial charge in [-0.05, 0) is 47.2 Å². The van der Waals surface area contributed by atoms with E-state index < -0.39 is 0 Å². The van der Waals surface area contributed by atoms with Gasteiger partial charge in [0.25, 0.3) is 11.8 Å². The highest BCUT2D eigenvalue weighted by atomic mass is 32.1. The van der Waals surface area contributed by atoms with E-state index >= 15 is 0 Å². The quantitative estimate of drug-likeness (QED) is 0.405. The number of carbonyl (C=O) groups excluding carboxylic acids is 2. The van der Waals surface area contributed by atoms with Gasteiger partial charge in [0, 0.05) is 50.4 Å². The van der Waals surface area contributed by atoms with E-state index in [0.29, 0.717) is 11.1 Å². The van der Waals surface area contributed by atoms with Crippen LogP contribution in [0.25, 0.3) is 29.9 Å². The maximum Gasteiger partial charge on any atom is 0.257 e. The number of fused-ring (bicyclic) bond motifs is 4. The Bertz CT molecular complexity index is 1510. The number of benzene rings is 1. The normalized spacial score (nSPS) is 15.2. The predicted octanol–water partition coefficient (Wildman–Crippen LogP) is 4.54. The monoisotopic (exact) mass is 462 g/mol. The van der Waals surface area contributed by atoms with E-state index in [9.17, 15) is 9.59 Å². The van der Waals surface area contributed by atoms with Crippen molar-refractivity contribution >= 4 is 98.5 Å². The van der Waals surface area contributed by atoms with Crippen LogP contribution < -0.4 is 21.1 Å². The van der Waals surface area contributed by atoms with Crippen LogP contribution in [0.4, 0.5) is 11.4 Å². The molecule has 0 unspecified atom stereocenters. The first-order chi connectivity index (χ1) is 14.7. The van der Waals surface area contributed by atoms with Crippen LogP contribution in [0.5, 0.6) is 0 Å². The second kappa shape index (κ2) is 5.89. The second-order valence-electron chi connectivity index (χ2n) is 7.12. The number of rotatable bonds is 2. The van der Waals surface area contributed by atoms with Gasteiger partial charge < -0.3 is 10.6 Å². The standard InChI is InChI=1S/C22H10N2O2S4/c25-21-19(17-7-15-13(29-17)1-3-27-15)9-5-12-10(6-11(9)23-21)20(22(26)24-12)18-8-16-14(30-18)2-4-28-16/h1-8H,(H,23,25)(H,24,26). The van der Waals surface area contributed by atoms with Crippen LogP contribution in [0.15, 0.2) is 47.2 Å². The minimum Gasteiger partial charge on any atom is -0.321 e. The van der Waals surface area contributed by atoms with Crippen LogP contribution >= 0.6 is 45.3 Å². The highest BCUT2D eigenvalue weighted by molar-refractivity contribution is 7.28. The minimum absolute atomic E-state index is 0.0907. The smallest absolute Gasteiger partial charge is 0.257 e. The van der Waals surface area contributed by atoms with Crippen molar-refractivity contribution in [3.8, 4) is 0 Å². The summed E-state index contributed by atoms with van der Waals surface area (Å²) in [6, 6.07) is 12.2. The minimum atomic E-state index is -0.0907. The molecule has 2 aliphatic heterocycles. The van der Waals surface area contributed by atoms with Crippen LogP contribution in [-0.2, 0) is 9.59 Å². The Balaban J connectivity index is 1.49. The zero-order chi connectivity index (χ0) is 20.0. The molecule has 1 aromatic carbocycles. The van der Waals surface area contributed by atoms with Gasteiger partial charge in [-0.3, -0.25) is 9.59 Å². The Morgan fingerprint density at radius 1 is 0.600 bits per heavy atom. The fraction of sp³-hybridized carbons (Fsp3) is 0. The van der Waals surface area contributed by atoms with Crippen LogP contribution in [0.1, 0.15) is 9.75 Å². The largest absolute Gasteiger partial charge is 0.321 e. The van der Waals surface area contributed by atoms with Gasteiger partial charge in [-0.1, -0.05) is 0 Å². The molecule has 0 radical (unpaired) electrons. The summed E-state index contributed by atoms with van der Waals surface area (Å²) in [7, 11) is 0. The molecule has 144 valence electrons. The summed E-state index contributed by atoms with van der Waals surface area (Å²) >= 11 is 6.61. The summed E-state index contributed by atoms with van der Waals surface area (Å²) in [5.41, 5.74) is 2.89. The third kappa shape index (κ3) is 2.24. The molecular weight excluding hydrogens is 453 g/mol. The SMILES string of the molecule is O=C1Nc2cc3c(cc2=C1c1cc2sccc2s1)NC(=O)C=3c1cc2sccc2s1. The Labute approximate surface area is 185 Å². The summed E-state index contributed by atoms with van der Waals surface area (Å²) in [5, 5.41) is 11.8. The number of amides is 2. The van der Waals surface area contributed by atoms with Crippen molar-refractivity contribution in [1.82, 2.24) is 0 Å². The number of hydrogen-bond acceptors (Lipinski definition) is 6. The first-order valence-electron chi connectivity index (χ1n) is 9.16. The van der Waals surface area contributed by atoms with Crippen molar-refractivity contribution in [2.24, 2.45) is 0 Å². The van der Waals surface area contributed by atoms with Crippen LogP contribution in [0, 0.1) is 0 Å². The average molecular weight is 463 g/mol. The van der Waals surface area contributed by atoms with Crippen molar-refractivity contribution < 1.29 is 9.59 Å². The molecule has 0 bridgehead atoms. The first-order valence-corrected chi connectivity index (χ1v) is 12.6. The van der Waals surface area contributed by atoms with E-state index in [1.54, 1.807) is 45.3 Å². The zero-order valence-electron chi connectivity index (χ0n) is 15.1. The van der Waals surface area contributed by atoms with Gasteiger partial charge in [-0.15, -0.1) is 45.3 Å². The molecule has 4 aromatic heterocycles. The predicted molar refractivity (Wildman–Crippen MR) is 127 cm³/mol. The maximum atomic E-state index is 12.8. The fourth-order valence-corrected chi connectivity index (χ4v) is 8.43. The molecule has 30 heavy (non-hydrogen) atoms. The molecule has 2 aliphatic rings. The lowest BCUT2D eigenvalue weighted by Gasteiger charge is -1.98. The molecule has 8 heteroatoms. The van der Waals surface area contributed by atoms with E-state index in [0.717, 1.165) is 31.6 Å². The summed E-state index contributed by atoms with van der Waals surface area (Å²) in [5.74, 6) is -0.181. The van der Waals surface area contributed by atoms with Crippen LogP contribution in [0.3, 0.4) is 0 Å². The van der Waals surface area contributed by atoms with Crippen LogP contribution in [-0.4, -0.2) is 11.8 Å². The van der Waals surface area contributed by atoms with E-state index in [1.807, 2.05) is 12.1 Å². The van der Waals surface area contributed by atoms with Crippen molar-refractivity contribution in [2.45, 2.75) is 0 Å². The van der Waals surface area contributed by atoms with E-state index in [1.165, 1.54) is 18.8 Å². The zero-order valence-corrected chi connectivity index (χ0v) is 18.3. The molecule has 0 atom stereocenters. The second-order valence-corrected chi connectivity index (χ2v) is 11.2. The summed E-state index contributed by atoms with van der Waals surface area (Å²) < 4.78 is 4.75. The first kappa shape index (κ1) is 17.0. The molecule has 0 saturated carbocycles. The highest BCUT2D eigenvalue weighted by Crippen LogP contribution is 2.36. The lowest BCUT2D eigenvalue weighted by atomic mass is 10.1. The van der Waals surface area contributed by atoms with Gasteiger partial charge in [0.15, 0.2) is 0 Å². The third-order valence-corrected chi connectivity index (χ3v) is 9.64. The Hall–Kier alpha value is -2.78. The molecule has 7 rings (SSSR count). The van der Waals surface area contributed by atoms with Crippen molar-refractivity contribution in [3.05, 3.63) is 67.3 Å². The van der Waals surface area contributed by atoms with Gasteiger partial charge in [0.05, 0.1) is 11.1 Å². The number of thiophene rings is 4. The Kier molecular flexibility index (Phi) is 3.33. The molecular formula is C22H10N2O2S4.